The minimum Gasteiger partial charge on any atom is -0.481 e. The van der Waals surface area contributed by atoms with Crippen molar-refractivity contribution in [2.24, 2.45) is 0 Å². The van der Waals surface area contributed by atoms with Crippen molar-refractivity contribution in [2.45, 2.75) is 31.9 Å². The minimum absolute atomic E-state index is 0.115. The first-order chi connectivity index (χ1) is 11.5. The van der Waals surface area contributed by atoms with Crippen LogP contribution in [-0.2, 0) is 6.54 Å². The third kappa shape index (κ3) is 3.94. The fourth-order valence-corrected chi connectivity index (χ4v) is 2.81. The summed E-state index contributed by atoms with van der Waals surface area (Å²) in [4.78, 5) is 3.96. The fraction of sp³-hybridized carbons (Fsp3) is 0.412. The number of hydrogen-bond acceptors (Lipinski definition) is 4. The van der Waals surface area contributed by atoms with Gasteiger partial charge >= 0.3 is 0 Å². The molecule has 0 aromatic carbocycles. The molecule has 0 saturated heterocycles. The predicted octanol–water partition coefficient (Wildman–Crippen LogP) is 3.19. The van der Waals surface area contributed by atoms with Gasteiger partial charge in [0.05, 0.1) is 36.7 Å². The van der Waals surface area contributed by atoms with E-state index in [1.165, 1.54) is 13.2 Å². The van der Waals surface area contributed by atoms with Gasteiger partial charge in [-0.05, 0) is 24.6 Å². The smallest absolute Gasteiger partial charge is 0.217 e. The Labute approximate surface area is 145 Å². The Hall–Kier alpha value is -1.92. The van der Waals surface area contributed by atoms with Crippen LogP contribution in [0.3, 0.4) is 0 Å². The van der Waals surface area contributed by atoms with Crippen molar-refractivity contribution in [3.63, 3.8) is 0 Å². The van der Waals surface area contributed by atoms with Gasteiger partial charge in [-0.1, -0.05) is 6.92 Å². The van der Waals surface area contributed by atoms with Crippen LogP contribution in [0.1, 0.15) is 30.5 Å². The van der Waals surface area contributed by atoms with E-state index in [0.717, 1.165) is 6.20 Å². The summed E-state index contributed by atoms with van der Waals surface area (Å²) in [5.41, 5.74) is 1.50. The topological polar surface area (TPSA) is 71.1 Å². The number of ether oxygens (including phenoxy) is 1. The van der Waals surface area contributed by atoms with Crippen molar-refractivity contribution in [1.29, 1.82) is 5.41 Å². The lowest BCUT2D eigenvalue weighted by Crippen LogP contribution is -2.23. The number of alkyl halides is 1. The highest BCUT2D eigenvalue weighted by Gasteiger charge is 2.24. The molecule has 0 aliphatic heterocycles. The molecule has 2 heterocycles. The normalized spacial score (nSPS) is 13.5. The number of halogens is 2. The average molecular weight is 354 g/mol. The van der Waals surface area contributed by atoms with E-state index in [1.807, 2.05) is 6.92 Å². The molecule has 0 unspecified atom stereocenters. The molecule has 5 nitrogen and oxygen atoms in total. The highest BCUT2D eigenvalue weighted by molar-refractivity contribution is 6.18. The Kier molecular flexibility index (Phi) is 6.34. The van der Waals surface area contributed by atoms with Gasteiger partial charge in [0.25, 0.3) is 0 Å². The molecule has 0 spiro atoms. The van der Waals surface area contributed by atoms with Gasteiger partial charge in [0.1, 0.15) is 5.82 Å². The summed E-state index contributed by atoms with van der Waals surface area (Å²) >= 11 is 5.66. The van der Waals surface area contributed by atoms with Crippen LogP contribution in [0.4, 0.5) is 4.39 Å². The molecule has 2 rings (SSSR count). The standard InChI is InChI=1S/C17H21ClFN3O2/c1-3-13(14-7-11(19)9-21-17(14)24-2)16(20)15-5-4-6-22(15)10-12(23)8-18/h4-7,9,12-13,20,23H,3,8,10H2,1-2H3/t12-,13-/m1/s1. The van der Waals surface area contributed by atoms with Gasteiger partial charge < -0.3 is 19.8 Å². The first kappa shape index (κ1) is 18.4. The summed E-state index contributed by atoms with van der Waals surface area (Å²) in [5, 5.41) is 18.3. The molecular formula is C17H21ClFN3O2. The Morgan fingerprint density at radius 3 is 2.92 bits per heavy atom. The van der Waals surface area contributed by atoms with Gasteiger partial charge in [-0.3, -0.25) is 0 Å². The second-order valence-electron chi connectivity index (χ2n) is 5.48. The molecule has 0 fully saturated rings. The maximum atomic E-state index is 13.6. The zero-order chi connectivity index (χ0) is 17.7. The largest absolute Gasteiger partial charge is 0.481 e. The molecule has 2 N–H and O–H groups in total. The highest BCUT2D eigenvalue weighted by Crippen LogP contribution is 2.31. The number of nitrogens with one attached hydrogen (secondary N) is 1. The predicted molar refractivity (Wildman–Crippen MR) is 91.8 cm³/mol. The number of methoxy groups -OCH3 is 1. The summed E-state index contributed by atoms with van der Waals surface area (Å²) in [6.45, 7) is 2.22. The van der Waals surface area contributed by atoms with Gasteiger partial charge in [0.15, 0.2) is 0 Å². The van der Waals surface area contributed by atoms with Gasteiger partial charge in [0.2, 0.25) is 5.88 Å². The number of aromatic nitrogens is 2. The number of hydrogen-bond donors (Lipinski definition) is 2. The van der Waals surface area contributed by atoms with E-state index in [-0.39, 0.29) is 11.8 Å². The Balaban J connectivity index is 2.37. The number of aliphatic hydroxyl groups excluding tert-OH is 1. The van der Waals surface area contributed by atoms with Gasteiger partial charge in [-0.15, -0.1) is 11.6 Å². The van der Waals surface area contributed by atoms with E-state index in [4.69, 9.17) is 21.7 Å². The summed E-state index contributed by atoms with van der Waals surface area (Å²) < 4.78 is 20.6. The van der Waals surface area contributed by atoms with E-state index in [9.17, 15) is 9.50 Å². The van der Waals surface area contributed by atoms with Crippen LogP contribution in [0.15, 0.2) is 30.6 Å². The van der Waals surface area contributed by atoms with Crippen molar-refractivity contribution in [2.75, 3.05) is 13.0 Å². The molecule has 24 heavy (non-hydrogen) atoms. The molecule has 0 aliphatic carbocycles. The molecule has 2 aromatic rings. The summed E-state index contributed by atoms with van der Waals surface area (Å²) in [7, 11) is 1.47. The Bertz CT molecular complexity index is 705. The van der Waals surface area contributed by atoms with Crippen LogP contribution in [0.25, 0.3) is 0 Å². The number of nitrogens with zero attached hydrogens (tertiary/aromatic N) is 2. The lowest BCUT2D eigenvalue weighted by molar-refractivity contribution is 0.176. The molecule has 0 saturated carbocycles. The lowest BCUT2D eigenvalue weighted by Gasteiger charge is -2.21. The first-order valence-corrected chi connectivity index (χ1v) is 8.22. The second-order valence-corrected chi connectivity index (χ2v) is 5.79. The third-order valence-corrected chi connectivity index (χ3v) is 4.22. The van der Waals surface area contributed by atoms with Crippen LogP contribution in [0.5, 0.6) is 5.88 Å². The summed E-state index contributed by atoms with van der Waals surface area (Å²) in [6.07, 6.45) is 2.77. The van der Waals surface area contributed by atoms with Gasteiger partial charge in [-0.25, -0.2) is 9.37 Å². The average Bonchev–Trinajstić information content (AvgIpc) is 3.03. The molecular weight excluding hydrogens is 333 g/mol. The van der Waals surface area contributed by atoms with Crippen molar-refractivity contribution in [3.05, 3.63) is 47.7 Å². The van der Waals surface area contributed by atoms with E-state index in [2.05, 4.69) is 4.98 Å². The summed E-state index contributed by atoms with van der Waals surface area (Å²) in [5.74, 6) is -0.411. The van der Waals surface area contributed by atoms with Gasteiger partial charge in [0, 0.05) is 24.2 Å². The maximum absolute atomic E-state index is 13.6. The van der Waals surface area contributed by atoms with Crippen molar-refractivity contribution in [1.82, 2.24) is 9.55 Å². The lowest BCUT2D eigenvalue weighted by atomic mass is 9.90. The SMILES string of the molecule is CC[C@@H](C(=N)c1cccn1C[C@H](O)CCl)c1cc(F)cnc1OC. The molecule has 0 aliphatic rings. The Morgan fingerprint density at radius 1 is 1.54 bits per heavy atom. The first-order valence-electron chi connectivity index (χ1n) is 7.69. The van der Waals surface area contributed by atoms with E-state index in [1.54, 1.807) is 22.9 Å². The quantitative estimate of drug-likeness (QED) is 0.565. The highest BCUT2D eigenvalue weighted by atomic mass is 35.5. The van der Waals surface area contributed by atoms with E-state index < -0.39 is 11.9 Å². The van der Waals surface area contributed by atoms with E-state index in [0.29, 0.717) is 35.8 Å². The monoisotopic (exact) mass is 353 g/mol. The van der Waals surface area contributed by atoms with Crippen LogP contribution in [0, 0.1) is 11.2 Å². The minimum atomic E-state index is -0.698. The molecule has 2 aromatic heterocycles. The van der Waals surface area contributed by atoms with Crippen LogP contribution in [-0.4, -0.2) is 39.5 Å². The number of pyridine rings is 1. The third-order valence-electron chi connectivity index (χ3n) is 3.86. The number of aliphatic hydroxyl groups is 1. The Morgan fingerprint density at radius 2 is 2.29 bits per heavy atom. The van der Waals surface area contributed by atoms with Crippen LogP contribution in [0.2, 0.25) is 0 Å². The second kappa shape index (κ2) is 8.26. The summed E-state index contributed by atoms with van der Waals surface area (Å²) in [6, 6.07) is 4.96. The molecule has 2 atom stereocenters. The zero-order valence-corrected chi connectivity index (χ0v) is 14.4. The zero-order valence-electron chi connectivity index (χ0n) is 13.7. The molecule has 7 heteroatoms. The fourth-order valence-electron chi connectivity index (χ4n) is 2.71. The number of rotatable bonds is 8. The maximum Gasteiger partial charge on any atom is 0.217 e. The van der Waals surface area contributed by atoms with Crippen LogP contribution >= 0.6 is 11.6 Å². The molecule has 0 bridgehead atoms. The molecule has 130 valence electrons. The van der Waals surface area contributed by atoms with Crippen molar-refractivity contribution in [3.8, 4) is 5.88 Å². The van der Waals surface area contributed by atoms with Crippen LogP contribution < -0.4 is 4.74 Å². The molecule has 0 radical (unpaired) electrons. The van der Waals surface area contributed by atoms with E-state index >= 15 is 0 Å². The molecule has 0 amide bonds. The van der Waals surface area contributed by atoms with Gasteiger partial charge in [-0.2, -0.15) is 0 Å². The van der Waals surface area contributed by atoms with Crippen molar-refractivity contribution >= 4 is 17.3 Å². The van der Waals surface area contributed by atoms with Crippen molar-refractivity contribution < 1.29 is 14.2 Å².